The number of imidazole rings is 1. The van der Waals surface area contributed by atoms with E-state index in [2.05, 4.69) is 31.1 Å². The molecule has 2 heterocycles. The Morgan fingerprint density at radius 1 is 1.50 bits per heavy atom. The SMILES string of the molecule is NCCS(=O)(O)=S.O=c1[nH]c(=S)[nH]c2nc[nH]c12. The first-order valence-corrected chi connectivity index (χ1v) is 7.66. The molecule has 2 aromatic heterocycles. The number of aromatic nitrogens is 4. The fourth-order valence-corrected chi connectivity index (χ4v) is 1.79. The van der Waals surface area contributed by atoms with E-state index in [4.69, 9.17) is 22.5 Å². The molecule has 18 heavy (non-hydrogen) atoms. The summed E-state index contributed by atoms with van der Waals surface area (Å²) in [5.74, 6) is 0.0162. The van der Waals surface area contributed by atoms with E-state index in [-0.39, 0.29) is 22.6 Å². The van der Waals surface area contributed by atoms with Gasteiger partial charge in [0.05, 0.1) is 12.1 Å². The Morgan fingerprint density at radius 2 is 2.17 bits per heavy atom. The van der Waals surface area contributed by atoms with Crippen LogP contribution < -0.4 is 11.3 Å². The van der Waals surface area contributed by atoms with Crippen molar-refractivity contribution in [3.05, 3.63) is 21.5 Å². The van der Waals surface area contributed by atoms with Gasteiger partial charge in [0.1, 0.15) is 14.3 Å². The lowest BCUT2D eigenvalue weighted by molar-refractivity contribution is 0.561. The molecule has 1 unspecified atom stereocenters. The van der Waals surface area contributed by atoms with Crippen LogP contribution in [0.5, 0.6) is 0 Å². The van der Waals surface area contributed by atoms with E-state index < -0.39 is 8.77 Å². The lowest BCUT2D eigenvalue weighted by atomic mass is 10.6. The molecule has 1 atom stereocenters. The van der Waals surface area contributed by atoms with Crippen LogP contribution in [0.2, 0.25) is 0 Å². The summed E-state index contributed by atoms with van der Waals surface area (Å²) in [6.45, 7) is 0.179. The van der Waals surface area contributed by atoms with E-state index in [9.17, 15) is 9.00 Å². The van der Waals surface area contributed by atoms with E-state index in [0.717, 1.165) is 0 Å². The number of hydrogen-bond acceptors (Lipinski definition) is 6. The van der Waals surface area contributed by atoms with Gasteiger partial charge < -0.3 is 20.3 Å². The molecule has 0 fully saturated rings. The molecule has 0 aromatic carbocycles. The lowest BCUT2D eigenvalue weighted by Gasteiger charge is -1.90. The second-order valence-corrected chi connectivity index (χ2v) is 6.65. The lowest BCUT2D eigenvalue weighted by Crippen LogP contribution is -2.12. The van der Waals surface area contributed by atoms with Gasteiger partial charge >= 0.3 is 0 Å². The number of rotatable bonds is 2. The Bertz CT molecular complexity index is 728. The van der Waals surface area contributed by atoms with E-state index in [1.54, 1.807) is 0 Å². The molecule has 2 aromatic rings. The summed E-state index contributed by atoms with van der Waals surface area (Å²) < 4.78 is 18.6. The second-order valence-electron chi connectivity index (χ2n) is 3.11. The van der Waals surface area contributed by atoms with Crippen LogP contribution in [-0.2, 0) is 20.0 Å². The molecule has 2 rings (SSSR count). The average molecular weight is 309 g/mol. The van der Waals surface area contributed by atoms with Crippen LogP contribution in [0.3, 0.4) is 0 Å². The summed E-state index contributed by atoms with van der Waals surface area (Å²) >= 11 is 8.82. The van der Waals surface area contributed by atoms with Crippen LogP contribution in [0.4, 0.5) is 0 Å². The molecule has 0 saturated carbocycles. The van der Waals surface area contributed by atoms with E-state index >= 15 is 0 Å². The Morgan fingerprint density at radius 3 is 2.67 bits per heavy atom. The number of nitrogens with two attached hydrogens (primary N) is 1. The predicted molar refractivity (Wildman–Crippen MR) is 74.0 cm³/mol. The van der Waals surface area contributed by atoms with E-state index in [1.165, 1.54) is 6.33 Å². The molecule has 0 radical (unpaired) electrons. The van der Waals surface area contributed by atoms with Crippen LogP contribution in [-0.4, -0.2) is 41.0 Å². The summed E-state index contributed by atoms with van der Waals surface area (Å²) in [6.07, 6.45) is 1.44. The number of fused-ring (bicyclic) bond motifs is 1. The van der Waals surface area contributed by atoms with Crippen molar-refractivity contribution in [2.75, 3.05) is 12.3 Å². The number of nitrogens with one attached hydrogen (secondary N) is 3. The minimum absolute atomic E-state index is 0.0162. The Kier molecular flexibility index (Phi) is 5.10. The molecule has 0 saturated heterocycles. The monoisotopic (exact) mass is 309 g/mol. The van der Waals surface area contributed by atoms with Gasteiger partial charge in [0.25, 0.3) is 5.56 Å². The zero-order chi connectivity index (χ0) is 13.8. The summed E-state index contributed by atoms with van der Waals surface area (Å²) in [7, 11) is -2.97. The summed E-state index contributed by atoms with van der Waals surface area (Å²) in [4.78, 5) is 22.7. The third-order valence-corrected chi connectivity index (χ3v) is 3.16. The number of hydrogen-bond donors (Lipinski definition) is 5. The van der Waals surface area contributed by atoms with Gasteiger partial charge in [-0.1, -0.05) is 0 Å². The Labute approximate surface area is 112 Å². The number of H-pyrrole nitrogens is 3. The van der Waals surface area contributed by atoms with Crippen LogP contribution in [0, 0.1) is 4.77 Å². The molecule has 0 spiro atoms. The maximum atomic E-state index is 11.0. The van der Waals surface area contributed by atoms with Gasteiger partial charge in [-0.25, -0.2) is 9.19 Å². The zero-order valence-corrected chi connectivity index (χ0v) is 11.5. The smallest absolute Gasteiger partial charge is 0.277 e. The van der Waals surface area contributed by atoms with Gasteiger partial charge in [-0.3, -0.25) is 9.78 Å². The highest BCUT2D eigenvalue weighted by atomic mass is 32.8. The van der Waals surface area contributed by atoms with Gasteiger partial charge in [0, 0.05) is 17.7 Å². The quantitative estimate of drug-likeness (QED) is 0.470. The van der Waals surface area contributed by atoms with E-state index in [0.29, 0.717) is 11.2 Å². The molecule has 8 nitrogen and oxygen atoms in total. The first-order chi connectivity index (χ1) is 8.33. The molecule has 11 heteroatoms. The zero-order valence-electron chi connectivity index (χ0n) is 9.00. The highest BCUT2D eigenvalue weighted by Gasteiger charge is 1.98. The van der Waals surface area contributed by atoms with Crippen LogP contribution in [0.1, 0.15) is 0 Å². The minimum atomic E-state index is -2.97. The van der Waals surface area contributed by atoms with Gasteiger partial charge in [0.15, 0.2) is 10.4 Å². The van der Waals surface area contributed by atoms with Gasteiger partial charge in [0.2, 0.25) is 0 Å². The molecule has 0 aliphatic rings. The van der Waals surface area contributed by atoms with E-state index in [1.807, 2.05) is 0 Å². The van der Waals surface area contributed by atoms with Crippen LogP contribution >= 0.6 is 12.2 Å². The summed E-state index contributed by atoms with van der Waals surface area (Å²) in [6, 6.07) is 0. The van der Waals surface area contributed by atoms with Crippen molar-refractivity contribution in [2.24, 2.45) is 5.73 Å². The number of aromatic amines is 3. The van der Waals surface area contributed by atoms with Crippen molar-refractivity contribution in [3.8, 4) is 0 Å². The molecule has 0 bridgehead atoms. The molecule has 100 valence electrons. The molecular formula is C7H11N5O3S3. The van der Waals surface area contributed by atoms with Crippen molar-refractivity contribution >= 4 is 43.3 Å². The van der Waals surface area contributed by atoms with Crippen LogP contribution in [0.25, 0.3) is 11.2 Å². The van der Waals surface area contributed by atoms with Crippen LogP contribution in [0.15, 0.2) is 11.1 Å². The van der Waals surface area contributed by atoms with Gasteiger partial charge in [-0.15, -0.1) is 0 Å². The van der Waals surface area contributed by atoms with Crippen molar-refractivity contribution in [1.82, 2.24) is 19.9 Å². The fourth-order valence-electron chi connectivity index (χ4n) is 1.02. The number of nitrogens with zero attached hydrogens (tertiary/aromatic N) is 1. The van der Waals surface area contributed by atoms with Crippen molar-refractivity contribution in [3.63, 3.8) is 0 Å². The predicted octanol–water partition coefficient (Wildman–Crippen LogP) is -0.527. The fraction of sp³-hybridized carbons (Fsp3) is 0.286. The van der Waals surface area contributed by atoms with Crippen molar-refractivity contribution in [2.45, 2.75) is 0 Å². The van der Waals surface area contributed by atoms with Gasteiger partial charge in [-0.05, 0) is 12.2 Å². The molecular weight excluding hydrogens is 298 g/mol. The highest BCUT2D eigenvalue weighted by Crippen LogP contribution is 1.95. The standard InChI is InChI=1S/C5H4N4OS.C2H7NO2S2/c10-4-2-3(7-1-6-2)8-5(11)9-4;3-1-2-7(4,5)6/h1H,(H3,6,7,8,9,10,11);1-3H2,(H,4,5,6). The second kappa shape index (κ2) is 6.15. The van der Waals surface area contributed by atoms with Gasteiger partial charge in [-0.2, -0.15) is 0 Å². The topological polar surface area (TPSA) is 141 Å². The summed E-state index contributed by atoms with van der Waals surface area (Å²) in [5.41, 5.74) is 5.56. The third-order valence-electron chi connectivity index (χ3n) is 1.70. The Balaban J connectivity index is 0.000000203. The van der Waals surface area contributed by atoms with Crippen molar-refractivity contribution in [1.29, 1.82) is 0 Å². The maximum Gasteiger partial charge on any atom is 0.277 e. The molecule has 0 aliphatic heterocycles. The normalized spacial score (nSPS) is 13.7. The Hall–Kier alpha value is -1.14. The molecule has 0 aliphatic carbocycles. The molecule has 0 amide bonds. The first kappa shape index (κ1) is 14.9. The maximum absolute atomic E-state index is 11.0. The average Bonchev–Trinajstić information content (AvgIpc) is 2.64. The molecule has 6 N–H and O–H groups in total. The highest BCUT2D eigenvalue weighted by molar-refractivity contribution is 8.29. The summed E-state index contributed by atoms with van der Waals surface area (Å²) in [5, 5.41) is 0. The third kappa shape index (κ3) is 4.62. The largest absolute Gasteiger partial charge is 0.339 e. The van der Waals surface area contributed by atoms with Crippen molar-refractivity contribution < 1.29 is 8.76 Å². The first-order valence-electron chi connectivity index (χ1n) is 4.64. The minimum Gasteiger partial charge on any atom is -0.339 e.